The fourth-order valence-electron chi connectivity index (χ4n) is 3.31. The number of aromatic nitrogens is 3. The average Bonchev–Trinajstić information content (AvgIpc) is 3.46. The van der Waals surface area contributed by atoms with Gasteiger partial charge in [0.05, 0.1) is 27.8 Å². The highest BCUT2D eigenvalue weighted by atomic mass is 32.2. The van der Waals surface area contributed by atoms with Gasteiger partial charge < -0.3 is 5.11 Å². The molecule has 0 spiro atoms. The Bertz CT molecular complexity index is 1220. The molecule has 28 heavy (non-hydrogen) atoms. The van der Waals surface area contributed by atoms with Crippen molar-refractivity contribution in [3.8, 4) is 28.9 Å². The van der Waals surface area contributed by atoms with Crippen molar-refractivity contribution in [2.24, 2.45) is 0 Å². The molecule has 142 valence electrons. The minimum Gasteiger partial charge on any atom is -0.493 e. The van der Waals surface area contributed by atoms with Crippen LogP contribution in [0, 0.1) is 18.3 Å². The van der Waals surface area contributed by atoms with Crippen LogP contribution in [0.15, 0.2) is 41.4 Å². The zero-order valence-corrected chi connectivity index (χ0v) is 16.2. The van der Waals surface area contributed by atoms with Crippen LogP contribution in [0.2, 0.25) is 0 Å². The van der Waals surface area contributed by atoms with Gasteiger partial charge in [-0.1, -0.05) is 12.1 Å². The van der Waals surface area contributed by atoms with E-state index in [9.17, 15) is 13.5 Å². The number of rotatable bonds is 4. The fraction of sp³-hybridized carbons (Fsp3) is 0.250. The first-order valence-electron chi connectivity index (χ1n) is 8.79. The van der Waals surface area contributed by atoms with Gasteiger partial charge in [0.25, 0.3) is 0 Å². The van der Waals surface area contributed by atoms with Crippen LogP contribution in [0.4, 0.5) is 0 Å². The minimum absolute atomic E-state index is 0.0800. The van der Waals surface area contributed by atoms with Gasteiger partial charge in [-0.3, -0.25) is 0 Å². The van der Waals surface area contributed by atoms with Gasteiger partial charge in [0.1, 0.15) is 0 Å². The second kappa shape index (κ2) is 6.46. The van der Waals surface area contributed by atoms with E-state index in [0.29, 0.717) is 22.6 Å². The molecular weight excluding hydrogens is 376 g/mol. The molecule has 0 bridgehead atoms. The van der Waals surface area contributed by atoms with E-state index < -0.39 is 9.84 Å². The normalized spacial score (nSPS) is 14.0. The number of pyridine rings is 1. The predicted octanol–water partition coefficient (Wildman–Crippen LogP) is 3.10. The number of hydrogen-bond acceptors (Lipinski definition) is 6. The summed E-state index contributed by atoms with van der Waals surface area (Å²) in [6.07, 6.45) is 4.39. The zero-order valence-electron chi connectivity index (χ0n) is 15.4. The summed E-state index contributed by atoms with van der Waals surface area (Å²) in [4.78, 5) is 4.47. The highest BCUT2D eigenvalue weighted by molar-refractivity contribution is 7.90. The molecule has 0 amide bonds. The van der Waals surface area contributed by atoms with Gasteiger partial charge in [-0.05, 0) is 55.0 Å². The smallest absolute Gasteiger partial charge is 0.223 e. The molecule has 1 fully saturated rings. The van der Waals surface area contributed by atoms with Crippen LogP contribution in [-0.4, -0.2) is 34.5 Å². The third kappa shape index (κ3) is 3.14. The van der Waals surface area contributed by atoms with Gasteiger partial charge in [0.2, 0.25) is 5.88 Å². The van der Waals surface area contributed by atoms with Crippen LogP contribution in [0.25, 0.3) is 16.9 Å². The molecule has 1 aliphatic rings. The van der Waals surface area contributed by atoms with Crippen LogP contribution in [0.3, 0.4) is 0 Å². The van der Waals surface area contributed by atoms with E-state index in [-0.39, 0.29) is 16.7 Å². The third-order valence-corrected chi connectivity index (χ3v) is 6.00. The van der Waals surface area contributed by atoms with E-state index in [2.05, 4.69) is 16.2 Å². The first kappa shape index (κ1) is 18.2. The monoisotopic (exact) mass is 394 g/mol. The van der Waals surface area contributed by atoms with E-state index in [1.54, 1.807) is 37.3 Å². The Balaban J connectivity index is 1.82. The van der Waals surface area contributed by atoms with Crippen LogP contribution < -0.4 is 0 Å². The molecular formula is C20H18N4O3S. The maximum absolute atomic E-state index is 12.1. The summed E-state index contributed by atoms with van der Waals surface area (Å²) in [5.74, 6) is 0.488. The van der Waals surface area contributed by atoms with Crippen LogP contribution >= 0.6 is 0 Å². The highest BCUT2D eigenvalue weighted by Crippen LogP contribution is 2.43. The van der Waals surface area contributed by atoms with Crippen molar-refractivity contribution in [1.82, 2.24) is 14.8 Å². The minimum atomic E-state index is -3.38. The topological polar surface area (TPSA) is 109 Å². The molecule has 8 heteroatoms. The van der Waals surface area contributed by atoms with E-state index >= 15 is 0 Å². The van der Waals surface area contributed by atoms with E-state index in [1.807, 2.05) is 0 Å². The lowest BCUT2D eigenvalue weighted by Crippen LogP contribution is -2.07. The van der Waals surface area contributed by atoms with Gasteiger partial charge in [0.15, 0.2) is 15.7 Å². The lowest BCUT2D eigenvalue weighted by molar-refractivity contribution is 0.433. The summed E-state index contributed by atoms with van der Waals surface area (Å²) in [5.41, 5.74) is 3.13. The SMILES string of the molecule is Cc1nn(-c2cc(C3CC3)c(S(C)(=O)=O)cn2)c(O)c1-c1ccc(C#N)cc1. The average molecular weight is 394 g/mol. The molecule has 1 aliphatic carbocycles. The molecule has 0 aliphatic heterocycles. The van der Waals surface area contributed by atoms with Crippen molar-refractivity contribution in [3.05, 3.63) is 53.3 Å². The Labute approximate surface area is 162 Å². The van der Waals surface area contributed by atoms with Gasteiger partial charge >= 0.3 is 0 Å². The molecule has 3 aromatic rings. The van der Waals surface area contributed by atoms with Crippen LogP contribution in [0.5, 0.6) is 5.88 Å². The Hall–Kier alpha value is -3.18. The van der Waals surface area contributed by atoms with Crippen molar-refractivity contribution in [2.75, 3.05) is 6.26 Å². The van der Waals surface area contributed by atoms with Crippen molar-refractivity contribution in [2.45, 2.75) is 30.6 Å². The van der Waals surface area contributed by atoms with Crippen molar-refractivity contribution >= 4 is 9.84 Å². The summed E-state index contributed by atoms with van der Waals surface area (Å²) in [6, 6.07) is 10.6. The summed E-state index contributed by atoms with van der Waals surface area (Å²) >= 11 is 0. The Kier molecular flexibility index (Phi) is 4.20. The summed E-state index contributed by atoms with van der Waals surface area (Å²) in [5, 5.41) is 24.1. The molecule has 1 N–H and O–H groups in total. The molecule has 0 radical (unpaired) electrons. The number of nitriles is 1. The molecule has 4 rings (SSSR count). The van der Waals surface area contributed by atoms with Crippen molar-refractivity contribution in [1.29, 1.82) is 5.26 Å². The maximum Gasteiger partial charge on any atom is 0.223 e. The number of aromatic hydroxyl groups is 1. The second-order valence-corrected chi connectivity index (χ2v) is 9.00. The van der Waals surface area contributed by atoms with Gasteiger partial charge in [-0.15, -0.1) is 0 Å². The van der Waals surface area contributed by atoms with E-state index in [4.69, 9.17) is 5.26 Å². The van der Waals surface area contributed by atoms with Crippen LogP contribution in [0.1, 0.15) is 35.6 Å². The first-order valence-corrected chi connectivity index (χ1v) is 10.7. The van der Waals surface area contributed by atoms with Crippen molar-refractivity contribution in [3.63, 3.8) is 0 Å². The molecule has 1 aromatic carbocycles. The third-order valence-electron chi connectivity index (χ3n) is 4.86. The van der Waals surface area contributed by atoms with E-state index in [0.717, 1.165) is 24.0 Å². The number of sulfone groups is 1. The van der Waals surface area contributed by atoms with Gasteiger partial charge in [-0.25, -0.2) is 13.4 Å². The fourth-order valence-corrected chi connectivity index (χ4v) is 4.21. The van der Waals surface area contributed by atoms with E-state index in [1.165, 1.54) is 17.1 Å². The molecule has 2 aromatic heterocycles. The summed E-state index contributed by atoms with van der Waals surface area (Å²) < 4.78 is 25.4. The molecule has 0 unspecified atom stereocenters. The van der Waals surface area contributed by atoms with Gasteiger partial charge in [-0.2, -0.15) is 15.0 Å². The Morgan fingerprint density at radius 2 is 1.93 bits per heavy atom. The summed E-state index contributed by atoms with van der Waals surface area (Å²) in [7, 11) is -3.38. The molecule has 0 saturated heterocycles. The van der Waals surface area contributed by atoms with Gasteiger partial charge in [0, 0.05) is 12.5 Å². The standard InChI is InChI=1S/C20H18N4O3S/c1-12-19(15-5-3-13(10-21)4-6-15)20(25)24(23-12)18-9-16(14-7-8-14)17(11-22-18)28(2,26)27/h3-6,9,11,14,25H,7-8H2,1-2H3. The quantitative estimate of drug-likeness (QED) is 0.728. The summed E-state index contributed by atoms with van der Waals surface area (Å²) in [6.45, 7) is 1.77. The van der Waals surface area contributed by atoms with Crippen molar-refractivity contribution < 1.29 is 13.5 Å². The Morgan fingerprint density at radius 3 is 2.50 bits per heavy atom. The second-order valence-electron chi connectivity index (χ2n) is 7.01. The number of benzene rings is 1. The first-order chi connectivity index (χ1) is 13.3. The number of hydrogen-bond donors (Lipinski definition) is 1. The lowest BCUT2D eigenvalue weighted by Gasteiger charge is -2.10. The lowest BCUT2D eigenvalue weighted by atomic mass is 10.0. The highest BCUT2D eigenvalue weighted by Gasteiger charge is 2.30. The molecule has 1 saturated carbocycles. The van der Waals surface area contributed by atoms with Crippen LogP contribution in [-0.2, 0) is 9.84 Å². The molecule has 2 heterocycles. The molecule has 0 atom stereocenters. The number of nitrogens with zero attached hydrogens (tertiary/aromatic N) is 4. The largest absolute Gasteiger partial charge is 0.493 e. The molecule has 7 nitrogen and oxygen atoms in total. The zero-order chi connectivity index (χ0) is 20.1. The maximum atomic E-state index is 12.1. The predicted molar refractivity (Wildman–Crippen MR) is 103 cm³/mol. The number of aryl methyl sites for hydroxylation is 1. The Morgan fingerprint density at radius 1 is 1.25 bits per heavy atom.